The highest BCUT2D eigenvalue weighted by Gasteiger charge is 2.19. The second-order valence-electron chi connectivity index (χ2n) is 4.67. The molecule has 0 unspecified atom stereocenters. The van der Waals surface area contributed by atoms with Gasteiger partial charge in [0.2, 0.25) is 0 Å². The van der Waals surface area contributed by atoms with Gasteiger partial charge in [-0.05, 0) is 31.2 Å². The molecule has 2 aromatic carbocycles. The van der Waals surface area contributed by atoms with Crippen LogP contribution in [0.3, 0.4) is 0 Å². The summed E-state index contributed by atoms with van der Waals surface area (Å²) in [4.78, 5) is 13.7. The number of methoxy groups -OCH3 is 1. The maximum Gasteiger partial charge on any atom is 0.307 e. The van der Waals surface area contributed by atoms with Crippen molar-refractivity contribution in [2.24, 2.45) is 0 Å². The van der Waals surface area contributed by atoms with E-state index in [0.29, 0.717) is 6.42 Å². The highest BCUT2D eigenvalue weighted by atomic mass is 16.5. The van der Waals surface area contributed by atoms with E-state index in [1.165, 1.54) is 7.11 Å². The molecule has 3 nitrogen and oxygen atoms in total. The van der Waals surface area contributed by atoms with E-state index in [1.54, 1.807) is 0 Å². The summed E-state index contributed by atoms with van der Waals surface area (Å²) in [6, 6.07) is 20.1. The molecular formula is C17H19NO2. The number of anilines is 2. The van der Waals surface area contributed by atoms with Crippen LogP contribution in [-0.4, -0.2) is 19.1 Å². The van der Waals surface area contributed by atoms with E-state index >= 15 is 0 Å². The molecule has 0 aromatic heterocycles. The van der Waals surface area contributed by atoms with Crippen LogP contribution in [0, 0.1) is 0 Å². The molecule has 0 radical (unpaired) electrons. The Labute approximate surface area is 119 Å². The number of hydrogen-bond acceptors (Lipinski definition) is 3. The fourth-order valence-electron chi connectivity index (χ4n) is 2.25. The van der Waals surface area contributed by atoms with Crippen LogP contribution in [0.25, 0.3) is 0 Å². The number of hydrogen-bond donors (Lipinski definition) is 0. The summed E-state index contributed by atoms with van der Waals surface area (Å²) in [5.74, 6) is -0.200. The maximum atomic E-state index is 11.5. The smallest absolute Gasteiger partial charge is 0.307 e. The minimum absolute atomic E-state index is 0.0206. The standard InChI is InChI=1S/C17H19NO2/c1-14(13-17(19)20-2)18(15-9-5-3-6-10-15)16-11-7-4-8-12-16/h3-12,14H,13H2,1-2H3/t14-/m0/s1. The van der Waals surface area contributed by atoms with Gasteiger partial charge in [-0.25, -0.2) is 0 Å². The predicted octanol–water partition coefficient (Wildman–Crippen LogP) is 3.78. The van der Waals surface area contributed by atoms with Gasteiger partial charge in [0.05, 0.1) is 13.5 Å². The largest absolute Gasteiger partial charge is 0.469 e. The third-order valence-corrected chi connectivity index (χ3v) is 3.20. The van der Waals surface area contributed by atoms with Gasteiger partial charge in [0, 0.05) is 17.4 Å². The molecule has 0 bridgehead atoms. The zero-order valence-corrected chi connectivity index (χ0v) is 11.8. The lowest BCUT2D eigenvalue weighted by Crippen LogP contribution is -2.30. The molecule has 1 atom stereocenters. The molecule has 0 aliphatic rings. The lowest BCUT2D eigenvalue weighted by Gasteiger charge is -2.31. The summed E-state index contributed by atoms with van der Waals surface area (Å²) in [6.07, 6.45) is 0.348. The Kier molecular flexibility index (Phi) is 4.77. The maximum absolute atomic E-state index is 11.5. The summed E-state index contributed by atoms with van der Waals surface area (Å²) in [6.45, 7) is 2.02. The van der Waals surface area contributed by atoms with Gasteiger partial charge in [-0.3, -0.25) is 4.79 Å². The van der Waals surface area contributed by atoms with Crippen molar-refractivity contribution in [3.8, 4) is 0 Å². The summed E-state index contributed by atoms with van der Waals surface area (Å²) < 4.78 is 4.78. The molecular weight excluding hydrogens is 250 g/mol. The molecule has 3 heteroatoms. The van der Waals surface area contributed by atoms with Crippen LogP contribution in [0.15, 0.2) is 60.7 Å². The lowest BCUT2D eigenvalue weighted by molar-refractivity contribution is -0.140. The van der Waals surface area contributed by atoms with E-state index in [4.69, 9.17) is 4.74 Å². The molecule has 2 aromatic rings. The SMILES string of the molecule is COC(=O)C[C@H](C)N(c1ccccc1)c1ccccc1. The average molecular weight is 269 g/mol. The van der Waals surface area contributed by atoms with Gasteiger partial charge in [0.1, 0.15) is 0 Å². The Hall–Kier alpha value is -2.29. The van der Waals surface area contributed by atoms with Crippen molar-refractivity contribution in [1.82, 2.24) is 0 Å². The first-order valence-corrected chi connectivity index (χ1v) is 6.68. The van der Waals surface area contributed by atoms with E-state index in [-0.39, 0.29) is 12.0 Å². The first-order valence-electron chi connectivity index (χ1n) is 6.68. The molecule has 0 saturated heterocycles. The van der Waals surface area contributed by atoms with E-state index in [0.717, 1.165) is 11.4 Å². The van der Waals surface area contributed by atoms with Crippen molar-refractivity contribution in [3.05, 3.63) is 60.7 Å². The van der Waals surface area contributed by atoms with Crippen molar-refractivity contribution in [2.45, 2.75) is 19.4 Å². The quantitative estimate of drug-likeness (QED) is 0.774. The predicted molar refractivity (Wildman–Crippen MR) is 81.1 cm³/mol. The van der Waals surface area contributed by atoms with Gasteiger partial charge in [-0.2, -0.15) is 0 Å². The molecule has 0 saturated carbocycles. The Morgan fingerprint density at radius 3 is 1.85 bits per heavy atom. The van der Waals surface area contributed by atoms with Crippen molar-refractivity contribution < 1.29 is 9.53 Å². The minimum Gasteiger partial charge on any atom is -0.469 e. The highest BCUT2D eigenvalue weighted by molar-refractivity contribution is 5.72. The van der Waals surface area contributed by atoms with Gasteiger partial charge in [0.15, 0.2) is 0 Å². The summed E-state index contributed by atoms with van der Waals surface area (Å²) in [5.41, 5.74) is 2.13. The van der Waals surface area contributed by atoms with E-state index in [2.05, 4.69) is 4.90 Å². The Morgan fingerprint density at radius 2 is 1.45 bits per heavy atom. The molecule has 0 N–H and O–H groups in total. The third kappa shape index (κ3) is 3.38. The Morgan fingerprint density at radius 1 is 1.00 bits per heavy atom. The van der Waals surface area contributed by atoms with Crippen LogP contribution < -0.4 is 4.90 Å². The van der Waals surface area contributed by atoms with Crippen LogP contribution in [0.4, 0.5) is 11.4 Å². The van der Waals surface area contributed by atoms with Gasteiger partial charge < -0.3 is 9.64 Å². The van der Waals surface area contributed by atoms with Crippen LogP contribution in [0.5, 0.6) is 0 Å². The Bertz CT molecular complexity index is 500. The second-order valence-corrected chi connectivity index (χ2v) is 4.67. The van der Waals surface area contributed by atoms with Gasteiger partial charge in [-0.15, -0.1) is 0 Å². The third-order valence-electron chi connectivity index (χ3n) is 3.20. The fraction of sp³-hybridized carbons (Fsp3) is 0.235. The topological polar surface area (TPSA) is 29.5 Å². The second kappa shape index (κ2) is 6.75. The molecule has 0 heterocycles. The molecule has 0 amide bonds. The van der Waals surface area contributed by atoms with E-state index < -0.39 is 0 Å². The van der Waals surface area contributed by atoms with Crippen molar-refractivity contribution in [1.29, 1.82) is 0 Å². The fourth-order valence-corrected chi connectivity index (χ4v) is 2.25. The molecule has 0 spiro atoms. The number of esters is 1. The molecule has 0 aliphatic carbocycles. The van der Waals surface area contributed by atoms with Crippen LogP contribution in [0.1, 0.15) is 13.3 Å². The highest BCUT2D eigenvalue weighted by Crippen LogP contribution is 2.28. The zero-order chi connectivity index (χ0) is 14.4. The average Bonchev–Trinajstić information content (AvgIpc) is 2.49. The van der Waals surface area contributed by atoms with Crippen molar-refractivity contribution in [3.63, 3.8) is 0 Å². The normalized spacial score (nSPS) is 11.7. The summed E-state index contributed by atoms with van der Waals surface area (Å²) in [5, 5.41) is 0. The first-order chi connectivity index (χ1) is 9.72. The minimum atomic E-state index is -0.200. The van der Waals surface area contributed by atoms with E-state index in [9.17, 15) is 4.79 Å². The Balaban J connectivity index is 2.32. The number of para-hydroxylation sites is 2. The first kappa shape index (κ1) is 14.1. The number of rotatable bonds is 5. The molecule has 20 heavy (non-hydrogen) atoms. The number of carbonyl (C=O) groups is 1. The van der Waals surface area contributed by atoms with Crippen LogP contribution >= 0.6 is 0 Å². The number of ether oxygens (including phenoxy) is 1. The molecule has 104 valence electrons. The van der Waals surface area contributed by atoms with Gasteiger partial charge in [0.25, 0.3) is 0 Å². The van der Waals surface area contributed by atoms with Gasteiger partial charge in [-0.1, -0.05) is 36.4 Å². The van der Waals surface area contributed by atoms with Crippen molar-refractivity contribution in [2.75, 3.05) is 12.0 Å². The van der Waals surface area contributed by atoms with Crippen LogP contribution in [-0.2, 0) is 9.53 Å². The van der Waals surface area contributed by atoms with E-state index in [1.807, 2.05) is 67.6 Å². The monoisotopic (exact) mass is 269 g/mol. The van der Waals surface area contributed by atoms with Crippen molar-refractivity contribution >= 4 is 17.3 Å². The molecule has 0 fully saturated rings. The zero-order valence-electron chi connectivity index (χ0n) is 11.8. The lowest BCUT2D eigenvalue weighted by atomic mass is 10.1. The molecule has 0 aliphatic heterocycles. The summed E-state index contributed by atoms with van der Waals surface area (Å²) in [7, 11) is 1.42. The van der Waals surface area contributed by atoms with Crippen LogP contribution in [0.2, 0.25) is 0 Å². The van der Waals surface area contributed by atoms with Gasteiger partial charge >= 0.3 is 5.97 Å². The number of benzene rings is 2. The number of nitrogens with zero attached hydrogens (tertiary/aromatic N) is 1. The summed E-state index contributed by atoms with van der Waals surface area (Å²) >= 11 is 0. The molecule has 2 rings (SSSR count). The number of carbonyl (C=O) groups excluding carboxylic acids is 1.